The first kappa shape index (κ1) is 20.7. The molecule has 4 nitrogen and oxygen atoms in total. The summed E-state index contributed by atoms with van der Waals surface area (Å²) in [5, 5.41) is 2.69. The minimum Gasteiger partial charge on any atom is -0.377 e. The summed E-state index contributed by atoms with van der Waals surface area (Å²) < 4.78 is 52.7. The normalized spacial score (nSPS) is 12.7. The SMILES string of the molecule is CC[C@H](Nc1cc(F)c(S(=O)(=O)Cc2ncc(F)s2)cc1Cl)c1ccccc1. The second-order valence-corrected chi connectivity index (χ2v) is 9.53. The quantitative estimate of drug-likeness (QED) is 0.516. The zero-order valence-electron chi connectivity index (χ0n) is 14.8. The minimum atomic E-state index is -4.06. The van der Waals surface area contributed by atoms with E-state index < -0.39 is 31.4 Å². The van der Waals surface area contributed by atoms with Crippen molar-refractivity contribution >= 4 is 38.5 Å². The van der Waals surface area contributed by atoms with Gasteiger partial charge < -0.3 is 5.32 Å². The third-order valence-electron chi connectivity index (χ3n) is 4.14. The van der Waals surface area contributed by atoms with Crippen molar-refractivity contribution in [2.45, 2.75) is 30.0 Å². The highest BCUT2D eigenvalue weighted by Gasteiger charge is 2.24. The van der Waals surface area contributed by atoms with Crippen molar-refractivity contribution in [3.05, 3.63) is 75.2 Å². The number of rotatable bonds is 7. The van der Waals surface area contributed by atoms with Crippen LogP contribution in [0.4, 0.5) is 14.5 Å². The lowest BCUT2D eigenvalue weighted by Crippen LogP contribution is -2.12. The van der Waals surface area contributed by atoms with Gasteiger partial charge in [-0.3, -0.25) is 0 Å². The molecule has 2 aromatic carbocycles. The van der Waals surface area contributed by atoms with Gasteiger partial charge in [-0.25, -0.2) is 17.8 Å². The fraction of sp³-hybridized carbons (Fsp3) is 0.211. The average molecular weight is 443 g/mol. The van der Waals surface area contributed by atoms with Gasteiger partial charge in [0.05, 0.1) is 22.9 Å². The number of hydrogen-bond acceptors (Lipinski definition) is 5. The van der Waals surface area contributed by atoms with Crippen molar-refractivity contribution in [3.8, 4) is 0 Å². The maximum Gasteiger partial charge on any atom is 0.196 e. The van der Waals surface area contributed by atoms with E-state index in [-0.39, 0.29) is 16.1 Å². The van der Waals surface area contributed by atoms with Gasteiger partial charge in [-0.05, 0) is 24.1 Å². The molecule has 1 aromatic heterocycles. The molecule has 0 bridgehead atoms. The molecule has 0 aliphatic carbocycles. The van der Waals surface area contributed by atoms with E-state index in [1.54, 1.807) is 0 Å². The molecule has 0 saturated carbocycles. The maximum atomic E-state index is 14.6. The Kier molecular flexibility index (Phi) is 6.32. The number of aromatic nitrogens is 1. The molecular formula is C19H17ClF2N2O2S2. The zero-order valence-corrected chi connectivity index (χ0v) is 17.2. The van der Waals surface area contributed by atoms with Crippen LogP contribution in [0.15, 0.2) is 53.6 Å². The van der Waals surface area contributed by atoms with Gasteiger partial charge in [-0.1, -0.05) is 60.2 Å². The predicted molar refractivity (Wildman–Crippen MR) is 107 cm³/mol. The van der Waals surface area contributed by atoms with Crippen molar-refractivity contribution in [1.29, 1.82) is 0 Å². The van der Waals surface area contributed by atoms with Gasteiger partial charge in [0.25, 0.3) is 0 Å². The minimum absolute atomic E-state index is 0.0466. The van der Waals surface area contributed by atoms with Gasteiger partial charge in [0.15, 0.2) is 15.0 Å². The highest BCUT2D eigenvalue weighted by atomic mass is 35.5. The lowest BCUT2D eigenvalue weighted by Gasteiger charge is -2.20. The summed E-state index contributed by atoms with van der Waals surface area (Å²) >= 11 is 6.84. The van der Waals surface area contributed by atoms with Gasteiger partial charge in [0.1, 0.15) is 21.5 Å². The van der Waals surface area contributed by atoms with Crippen LogP contribution in [-0.4, -0.2) is 13.4 Å². The van der Waals surface area contributed by atoms with Crippen LogP contribution in [0, 0.1) is 10.9 Å². The summed E-state index contributed by atoms with van der Waals surface area (Å²) in [6, 6.07) is 11.6. The first-order valence-corrected chi connectivity index (χ1v) is 11.3. The fourth-order valence-corrected chi connectivity index (χ4v) is 5.40. The second kappa shape index (κ2) is 8.55. The van der Waals surface area contributed by atoms with Crippen molar-refractivity contribution in [1.82, 2.24) is 4.98 Å². The first-order chi connectivity index (χ1) is 13.3. The lowest BCUT2D eigenvalue weighted by molar-refractivity contribution is 0.566. The van der Waals surface area contributed by atoms with Crippen molar-refractivity contribution in [2.75, 3.05) is 5.32 Å². The highest BCUT2D eigenvalue weighted by Crippen LogP contribution is 2.33. The van der Waals surface area contributed by atoms with E-state index in [9.17, 15) is 17.2 Å². The van der Waals surface area contributed by atoms with E-state index in [2.05, 4.69) is 10.3 Å². The second-order valence-electron chi connectivity index (χ2n) is 6.10. The molecule has 0 spiro atoms. The molecule has 1 N–H and O–H groups in total. The van der Waals surface area contributed by atoms with Crippen LogP contribution in [0.1, 0.15) is 30.0 Å². The number of thiazole rings is 1. The maximum absolute atomic E-state index is 14.6. The van der Waals surface area contributed by atoms with Crippen LogP contribution in [0.25, 0.3) is 0 Å². The topological polar surface area (TPSA) is 59.1 Å². The Morgan fingerprint density at radius 2 is 1.93 bits per heavy atom. The van der Waals surface area contributed by atoms with Crippen molar-refractivity contribution in [2.24, 2.45) is 0 Å². The van der Waals surface area contributed by atoms with Gasteiger partial charge in [0, 0.05) is 0 Å². The molecule has 148 valence electrons. The van der Waals surface area contributed by atoms with E-state index in [1.807, 2.05) is 37.3 Å². The molecule has 1 heterocycles. The summed E-state index contributed by atoms with van der Waals surface area (Å²) in [6.45, 7) is 1.97. The van der Waals surface area contributed by atoms with E-state index in [0.29, 0.717) is 17.0 Å². The standard InChI is InChI=1S/C19H17ClF2N2O2S2/c1-2-15(12-6-4-3-5-7-12)24-16-9-14(21)17(8-13(16)20)28(25,26)11-19-23-10-18(22)27-19/h3-10,15,24H,2,11H2,1H3/t15-/m0/s1. The third-order valence-corrected chi connectivity index (χ3v) is 7.05. The van der Waals surface area contributed by atoms with E-state index >= 15 is 0 Å². The number of nitrogens with one attached hydrogen (secondary N) is 1. The molecular weight excluding hydrogens is 426 g/mol. The summed E-state index contributed by atoms with van der Waals surface area (Å²) in [5.41, 5.74) is 1.30. The smallest absolute Gasteiger partial charge is 0.196 e. The Labute approximate surface area is 171 Å². The molecule has 0 aliphatic heterocycles. The lowest BCUT2D eigenvalue weighted by atomic mass is 10.0. The number of halogens is 3. The molecule has 9 heteroatoms. The van der Waals surface area contributed by atoms with Gasteiger partial charge >= 0.3 is 0 Å². The van der Waals surface area contributed by atoms with E-state index in [1.165, 1.54) is 0 Å². The Hall–Kier alpha value is -2.03. The molecule has 3 aromatic rings. The zero-order chi connectivity index (χ0) is 20.3. The summed E-state index contributed by atoms with van der Waals surface area (Å²) in [5.74, 6) is -1.52. The average Bonchev–Trinajstić information content (AvgIpc) is 3.06. The number of nitrogens with zero attached hydrogens (tertiary/aromatic N) is 1. The molecule has 0 aliphatic rings. The molecule has 0 unspecified atom stereocenters. The Balaban J connectivity index is 1.88. The Morgan fingerprint density at radius 1 is 1.21 bits per heavy atom. The summed E-state index contributed by atoms with van der Waals surface area (Å²) in [7, 11) is -4.06. The fourth-order valence-electron chi connectivity index (χ4n) is 2.77. The van der Waals surface area contributed by atoms with Crippen LogP contribution in [-0.2, 0) is 15.6 Å². The molecule has 3 rings (SSSR count). The molecule has 0 amide bonds. The van der Waals surface area contributed by atoms with Gasteiger partial charge in [-0.15, -0.1) is 0 Å². The number of hydrogen-bond donors (Lipinski definition) is 1. The predicted octanol–water partition coefficient (Wildman–Crippen LogP) is 5.61. The molecule has 28 heavy (non-hydrogen) atoms. The summed E-state index contributed by atoms with van der Waals surface area (Å²) in [6.07, 6.45) is 1.65. The van der Waals surface area contributed by atoms with Crippen LogP contribution >= 0.6 is 22.9 Å². The summed E-state index contributed by atoms with van der Waals surface area (Å²) in [4.78, 5) is 3.14. The van der Waals surface area contributed by atoms with Crippen LogP contribution < -0.4 is 5.32 Å². The first-order valence-electron chi connectivity index (χ1n) is 8.43. The highest BCUT2D eigenvalue weighted by molar-refractivity contribution is 7.90. The van der Waals surface area contributed by atoms with Crippen molar-refractivity contribution in [3.63, 3.8) is 0 Å². The number of anilines is 1. The van der Waals surface area contributed by atoms with Crippen LogP contribution in [0.3, 0.4) is 0 Å². The molecule has 0 saturated heterocycles. The molecule has 0 radical (unpaired) electrons. The van der Waals surface area contributed by atoms with Gasteiger partial charge in [0.2, 0.25) is 0 Å². The number of benzene rings is 2. The molecule has 1 atom stereocenters. The van der Waals surface area contributed by atoms with E-state index in [0.717, 1.165) is 30.3 Å². The monoisotopic (exact) mass is 442 g/mol. The van der Waals surface area contributed by atoms with E-state index in [4.69, 9.17) is 11.6 Å². The molecule has 0 fully saturated rings. The van der Waals surface area contributed by atoms with Crippen LogP contribution in [0.5, 0.6) is 0 Å². The Bertz CT molecular complexity index is 1070. The van der Waals surface area contributed by atoms with Crippen LogP contribution in [0.2, 0.25) is 5.02 Å². The number of sulfone groups is 1. The van der Waals surface area contributed by atoms with Gasteiger partial charge in [-0.2, -0.15) is 4.39 Å². The third kappa shape index (κ3) is 4.68. The van der Waals surface area contributed by atoms with Crippen molar-refractivity contribution < 1.29 is 17.2 Å². The largest absolute Gasteiger partial charge is 0.377 e. The Morgan fingerprint density at radius 3 is 2.54 bits per heavy atom.